The molecule has 19 heteroatoms. The molecule has 3 aliphatic carbocycles. The number of fused-ring (bicyclic) bond motifs is 2. The standard InChI is InChI=1S/2C22H20O3.C16H12N2O3.C10H17F3O3SSi/c2*1-24-17-13-11-16(12-14-17)21-19-10-6-5-9-18(19)20(22(23)25-21)15-7-3-2-4-8-15;1-20-13-9-7-12(8-10-13)15-18-17-14(16(19)21-15)11-5-3-2-4-6-11;1-18(2,3)9-7-5-4-6-8(9)16-17(14,15)10(11,12)13/h2*2-4,7-8,11-14H,5-6,9-10H2,1H3;2-10H,1H3;4-7H2,1-3H3. The van der Waals surface area contributed by atoms with E-state index < -0.39 is 29.3 Å². The van der Waals surface area contributed by atoms with Crippen molar-refractivity contribution < 1.29 is 53.2 Å². The Kier molecular flexibility index (Phi) is 20.9. The number of benzene rings is 6. The summed E-state index contributed by atoms with van der Waals surface area (Å²) >= 11 is 0. The first-order valence-corrected chi connectivity index (χ1v) is 34.3. The molecule has 462 valence electrons. The Morgan fingerprint density at radius 3 is 1.18 bits per heavy atom. The number of methoxy groups -OCH3 is 3. The zero-order valence-corrected chi connectivity index (χ0v) is 52.2. The third kappa shape index (κ3) is 15.6. The van der Waals surface area contributed by atoms with Crippen LogP contribution in [0.15, 0.2) is 202 Å². The Morgan fingerprint density at radius 1 is 0.427 bits per heavy atom. The van der Waals surface area contributed by atoms with Crippen LogP contribution in [0.4, 0.5) is 13.2 Å². The van der Waals surface area contributed by atoms with Crippen LogP contribution in [-0.2, 0) is 40.0 Å². The van der Waals surface area contributed by atoms with Crippen LogP contribution in [0, 0.1) is 0 Å². The zero-order valence-electron chi connectivity index (χ0n) is 50.4. The monoisotopic (exact) mass is 1250 g/mol. The van der Waals surface area contributed by atoms with Crippen LogP contribution in [0.5, 0.6) is 17.2 Å². The van der Waals surface area contributed by atoms with Crippen LogP contribution >= 0.6 is 0 Å². The fraction of sp³-hybridized carbons (Fsp3) is 0.271. The summed E-state index contributed by atoms with van der Waals surface area (Å²) in [6.45, 7) is 5.91. The number of nitrogens with zero attached hydrogens (tertiary/aromatic N) is 2. The van der Waals surface area contributed by atoms with E-state index in [9.17, 15) is 36.0 Å². The summed E-state index contributed by atoms with van der Waals surface area (Å²) < 4.78 is 95.7. The van der Waals surface area contributed by atoms with E-state index in [0.29, 0.717) is 35.5 Å². The highest BCUT2D eigenvalue weighted by Crippen LogP contribution is 2.40. The minimum absolute atomic E-state index is 0.0257. The average molecular weight is 1250 g/mol. The third-order valence-corrected chi connectivity index (χ3v) is 18.9. The lowest BCUT2D eigenvalue weighted by Gasteiger charge is -2.28. The molecule has 0 unspecified atom stereocenters. The van der Waals surface area contributed by atoms with E-state index in [1.54, 1.807) is 57.7 Å². The summed E-state index contributed by atoms with van der Waals surface area (Å²) in [7, 11) is -2.51. The van der Waals surface area contributed by atoms with Gasteiger partial charge < -0.3 is 31.6 Å². The number of rotatable bonds is 12. The molecular weight excluding hydrogens is 1180 g/mol. The normalized spacial score (nSPS) is 13.8. The van der Waals surface area contributed by atoms with E-state index in [1.165, 1.54) is 11.1 Å². The van der Waals surface area contributed by atoms with Crippen LogP contribution in [-0.4, -0.2) is 53.5 Å². The highest BCUT2D eigenvalue weighted by Gasteiger charge is 2.49. The molecule has 0 bridgehead atoms. The van der Waals surface area contributed by atoms with Crippen molar-refractivity contribution in [2.24, 2.45) is 0 Å². The number of hydrogen-bond acceptors (Lipinski definition) is 14. The smallest absolute Gasteiger partial charge is 0.497 e. The van der Waals surface area contributed by atoms with E-state index in [-0.39, 0.29) is 35.0 Å². The van der Waals surface area contributed by atoms with E-state index >= 15 is 0 Å². The first-order valence-electron chi connectivity index (χ1n) is 29.4. The summed E-state index contributed by atoms with van der Waals surface area (Å²) in [6.07, 6.45) is 10.7. The van der Waals surface area contributed by atoms with Crippen molar-refractivity contribution in [2.45, 2.75) is 102 Å². The summed E-state index contributed by atoms with van der Waals surface area (Å²) in [5.41, 5.74) is 5.02. The van der Waals surface area contributed by atoms with Gasteiger partial charge in [-0.1, -0.05) is 111 Å². The lowest BCUT2D eigenvalue weighted by Crippen LogP contribution is -2.31. The Bertz CT molecular complexity index is 4050. The van der Waals surface area contributed by atoms with Crippen LogP contribution in [0.2, 0.25) is 19.6 Å². The second kappa shape index (κ2) is 28.8. The molecule has 6 aromatic carbocycles. The maximum atomic E-state index is 12.8. The summed E-state index contributed by atoms with van der Waals surface area (Å²) in [6, 6.07) is 51.2. The number of alkyl halides is 3. The minimum atomic E-state index is -5.53. The molecule has 0 saturated carbocycles. The Hall–Kier alpha value is -9.07. The van der Waals surface area contributed by atoms with Gasteiger partial charge in [0.1, 0.15) is 34.5 Å². The van der Waals surface area contributed by atoms with Gasteiger partial charge in [0.05, 0.1) is 40.5 Å². The summed E-state index contributed by atoms with van der Waals surface area (Å²) in [5, 5.41) is 8.76. The van der Waals surface area contributed by atoms with Gasteiger partial charge in [0.15, 0.2) is 5.69 Å². The molecule has 3 aromatic heterocycles. The molecule has 12 rings (SSSR count). The predicted octanol–water partition coefficient (Wildman–Crippen LogP) is 16.1. The molecule has 0 atom stereocenters. The molecular formula is C70H69F3N2O12SSi. The fourth-order valence-corrected chi connectivity index (χ4v) is 13.7. The van der Waals surface area contributed by atoms with Gasteiger partial charge in [0.2, 0.25) is 5.89 Å². The van der Waals surface area contributed by atoms with Crippen LogP contribution in [0.1, 0.15) is 73.6 Å². The maximum absolute atomic E-state index is 12.8. The van der Waals surface area contributed by atoms with E-state index in [2.05, 4.69) is 14.4 Å². The van der Waals surface area contributed by atoms with Crippen molar-refractivity contribution >= 4 is 18.2 Å². The van der Waals surface area contributed by atoms with Crippen LogP contribution in [0.25, 0.3) is 67.6 Å². The lowest BCUT2D eigenvalue weighted by atomic mass is 9.85. The van der Waals surface area contributed by atoms with Gasteiger partial charge in [-0.3, -0.25) is 0 Å². The van der Waals surface area contributed by atoms with Crippen molar-refractivity contribution in [3.8, 4) is 84.9 Å². The Labute approximate surface area is 515 Å². The summed E-state index contributed by atoms with van der Waals surface area (Å²) in [4.78, 5) is 37.7. The van der Waals surface area contributed by atoms with E-state index in [0.717, 1.165) is 125 Å². The van der Waals surface area contributed by atoms with Gasteiger partial charge in [-0.25, -0.2) is 14.4 Å². The molecule has 0 N–H and O–H groups in total. The van der Waals surface area contributed by atoms with Crippen molar-refractivity contribution in [1.82, 2.24) is 10.2 Å². The molecule has 89 heavy (non-hydrogen) atoms. The van der Waals surface area contributed by atoms with Crippen molar-refractivity contribution in [3.05, 3.63) is 228 Å². The molecule has 14 nitrogen and oxygen atoms in total. The molecule has 3 aliphatic rings. The number of allylic oxidation sites excluding steroid dienone is 2. The van der Waals surface area contributed by atoms with Crippen LogP contribution in [0.3, 0.4) is 0 Å². The molecule has 0 spiro atoms. The van der Waals surface area contributed by atoms with Gasteiger partial charge in [-0.15, -0.1) is 10.2 Å². The Morgan fingerprint density at radius 2 is 0.798 bits per heavy atom. The van der Waals surface area contributed by atoms with Gasteiger partial charge in [-0.05, 0) is 182 Å². The first-order chi connectivity index (χ1) is 42.8. The quantitative estimate of drug-likeness (QED) is 0.0638. The van der Waals surface area contributed by atoms with E-state index in [1.807, 2.05) is 147 Å². The SMILES string of the molecule is COc1ccc(-c2nnc(-c3ccccc3)c(=O)o2)cc1.COc1ccc(-c2oc(=O)c(-c3ccccc3)c3c2CCCC3)cc1.COc1ccc(-c2oc(=O)c(-c3ccccc3)c3c2CCCC3)cc1.C[Si](C)(C)C1=C(OS(=O)(=O)C(F)(F)F)CCCC1. The van der Waals surface area contributed by atoms with Gasteiger partial charge >= 0.3 is 32.5 Å². The number of halogens is 3. The zero-order chi connectivity index (χ0) is 63.3. The molecule has 0 radical (unpaired) electrons. The Balaban J connectivity index is 0.000000142. The minimum Gasteiger partial charge on any atom is -0.497 e. The summed E-state index contributed by atoms with van der Waals surface area (Å²) in [5.74, 6) is 3.93. The van der Waals surface area contributed by atoms with Crippen molar-refractivity contribution in [1.29, 1.82) is 0 Å². The number of hydrogen-bond donors (Lipinski definition) is 0. The van der Waals surface area contributed by atoms with Gasteiger partial charge in [-0.2, -0.15) is 21.6 Å². The highest BCUT2D eigenvalue weighted by molar-refractivity contribution is 7.87. The number of ether oxygens (including phenoxy) is 3. The highest BCUT2D eigenvalue weighted by atomic mass is 32.2. The third-order valence-electron chi connectivity index (χ3n) is 15.5. The molecule has 9 aromatic rings. The fourth-order valence-electron chi connectivity index (χ4n) is 11.1. The molecule has 0 fully saturated rings. The maximum Gasteiger partial charge on any atom is 0.534 e. The van der Waals surface area contributed by atoms with Crippen LogP contribution < -0.4 is 31.1 Å². The average Bonchev–Trinajstić information content (AvgIpc) is 0.941. The van der Waals surface area contributed by atoms with Gasteiger partial charge in [0, 0.05) is 28.7 Å². The first kappa shape index (κ1) is 64.4. The molecule has 3 heterocycles. The topological polar surface area (TPSA) is 187 Å². The second-order valence-corrected chi connectivity index (χ2v) is 29.0. The number of aromatic nitrogens is 2. The largest absolute Gasteiger partial charge is 0.534 e. The second-order valence-electron chi connectivity index (χ2n) is 22.4. The molecule has 0 aliphatic heterocycles. The predicted molar refractivity (Wildman–Crippen MR) is 341 cm³/mol. The molecule has 0 saturated heterocycles. The van der Waals surface area contributed by atoms with Crippen molar-refractivity contribution in [3.63, 3.8) is 0 Å². The van der Waals surface area contributed by atoms with Gasteiger partial charge in [0.25, 0.3) is 0 Å². The molecule has 0 amide bonds. The lowest BCUT2D eigenvalue weighted by molar-refractivity contribution is -0.0524. The van der Waals surface area contributed by atoms with E-state index in [4.69, 9.17) is 27.5 Å². The van der Waals surface area contributed by atoms with Crippen molar-refractivity contribution in [2.75, 3.05) is 21.3 Å².